The molecule has 1 aromatic carbocycles. The molecule has 2 rings (SSSR count). The van der Waals surface area contributed by atoms with Crippen molar-refractivity contribution in [2.75, 3.05) is 17.6 Å². The van der Waals surface area contributed by atoms with Crippen LogP contribution in [0.3, 0.4) is 0 Å². The highest BCUT2D eigenvalue weighted by atomic mass is 16.5. The molecule has 10 heteroatoms. The highest BCUT2D eigenvalue weighted by molar-refractivity contribution is 5.90. The number of nitrogen functional groups attached to an aromatic ring is 1. The van der Waals surface area contributed by atoms with Crippen LogP contribution in [0, 0.1) is 5.92 Å². The summed E-state index contributed by atoms with van der Waals surface area (Å²) in [6, 6.07) is 9.03. The lowest BCUT2D eigenvalue weighted by molar-refractivity contribution is -0.136. The molecule has 10 nitrogen and oxygen atoms in total. The third-order valence-corrected chi connectivity index (χ3v) is 3.87. The number of nitrogens with one attached hydrogen (secondary N) is 1. The number of pyridine rings is 1. The number of hydrogen-bond donors (Lipinski definition) is 4. The predicted octanol–water partition coefficient (Wildman–Crippen LogP) is 2.26. The van der Waals surface area contributed by atoms with Crippen molar-refractivity contribution in [2.45, 2.75) is 26.3 Å². The summed E-state index contributed by atoms with van der Waals surface area (Å²) in [6.07, 6.45) is 0.180. The van der Waals surface area contributed by atoms with Crippen LogP contribution in [0.1, 0.15) is 20.3 Å². The normalized spacial score (nSPS) is 12.2. The molecule has 1 aromatic heterocycles. The Morgan fingerprint density at radius 3 is 2.48 bits per heavy atom. The van der Waals surface area contributed by atoms with E-state index in [0.29, 0.717) is 11.4 Å². The molecule has 0 saturated carbocycles. The Balaban J connectivity index is 2.16. The van der Waals surface area contributed by atoms with E-state index in [9.17, 15) is 9.59 Å². The third-order valence-electron chi connectivity index (χ3n) is 3.87. The molecule has 2 aromatic rings. The number of carbonyl (C=O) groups is 2. The molecule has 154 valence electrons. The summed E-state index contributed by atoms with van der Waals surface area (Å²) in [7, 11) is 0. The van der Waals surface area contributed by atoms with E-state index in [2.05, 4.69) is 20.5 Å². The molecule has 0 spiro atoms. The molecule has 0 aliphatic rings. The highest BCUT2D eigenvalue weighted by Gasteiger charge is 2.20. The smallest absolute Gasteiger partial charge is 0.328 e. The first-order valence-corrected chi connectivity index (χ1v) is 9.06. The summed E-state index contributed by atoms with van der Waals surface area (Å²) in [5.74, 6) is -0.279. The predicted molar refractivity (Wildman–Crippen MR) is 110 cm³/mol. The lowest BCUT2D eigenvalue weighted by Gasteiger charge is -2.14. The highest BCUT2D eigenvalue weighted by Crippen LogP contribution is 2.31. The van der Waals surface area contributed by atoms with Crippen LogP contribution < -0.4 is 27.3 Å². The van der Waals surface area contributed by atoms with Crippen LogP contribution in [0.4, 0.5) is 23.0 Å². The second kappa shape index (κ2) is 10.2. The molecule has 0 fully saturated rings. The molecule has 7 N–H and O–H groups in total. The number of benzene rings is 1. The molecule has 1 unspecified atom stereocenters. The van der Waals surface area contributed by atoms with Crippen molar-refractivity contribution in [3.63, 3.8) is 0 Å². The van der Waals surface area contributed by atoms with Gasteiger partial charge in [0.25, 0.3) is 0 Å². The van der Waals surface area contributed by atoms with Crippen molar-refractivity contribution in [3.8, 4) is 5.75 Å². The van der Waals surface area contributed by atoms with E-state index in [0.717, 1.165) is 0 Å². The molecular weight excluding hydrogens is 374 g/mol. The minimum absolute atomic E-state index is 0.0639. The molecule has 29 heavy (non-hydrogen) atoms. The van der Waals surface area contributed by atoms with Crippen LogP contribution in [0.5, 0.6) is 5.75 Å². The van der Waals surface area contributed by atoms with Gasteiger partial charge in [0.2, 0.25) is 5.91 Å². The monoisotopic (exact) mass is 399 g/mol. The topological polar surface area (TPSA) is 171 Å². The number of nitrogens with zero attached hydrogens (tertiary/aromatic N) is 3. The van der Waals surface area contributed by atoms with E-state index in [-0.39, 0.29) is 42.2 Å². The number of amides is 1. The Bertz CT molecular complexity index is 899. The van der Waals surface area contributed by atoms with Gasteiger partial charge in [-0.3, -0.25) is 4.79 Å². The Labute approximate surface area is 168 Å². The van der Waals surface area contributed by atoms with Crippen LogP contribution in [0.25, 0.3) is 0 Å². The fraction of sp³-hybridized carbons (Fsp3) is 0.316. The van der Waals surface area contributed by atoms with Gasteiger partial charge in [-0.05, 0) is 30.2 Å². The first-order valence-electron chi connectivity index (χ1n) is 9.06. The summed E-state index contributed by atoms with van der Waals surface area (Å²) < 4.78 is 5.35. The second-order valence-electron chi connectivity index (χ2n) is 6.55. The van der Waals surface area contributed by atoms with Crippen LogP contribution in [0.2, 0.25) is 0 Å². The van der Waals surface area contributed by atoms with Crippen LogP contribution >= 0.6 is 0 Å². The summed E-state index contributed by atoms with van der Waals surface area (Å²) in [6.45, 7) is 3.89. The van der Waals surface area contributed by atoms with Crippen molar-refractivity contribution in [2.24, 2.45) is 27.6 Å². The average Bonchev–Trinajstić information content (AvgIpc) is 2.67. The maximum Gasteiger partial charge on any atom is 0.328 e. The minimum atomic E-state index is -0.748. The van der Waals surface area contributed by atoms with Gasteiger partial charge in [-0.15, -0.1) is 10.2 Å². The fourth-order valence-electron chi connectivity index (χ4n) is 2.14. The molecule has 0 bridgehead atoms. The third kappa shape index (κ3) is 6.33. The van der Waals surface area contributed by atoms with Gasteiger partial charge in [-0.1, -0.05) is 26.0 Å². The number of azo groups is 1. The van der Waals surface area contributed by atoms with Crippen LogP contribution in [-0.2, 0) is 9.59 Å². The minimum Gasteiger partial charge on any atom is -0.423 e. The molecule has 1 amide bonds. The van der Waals surface area contributed by atoms with Gasteiger partial charge in [0, 0.05) is 13.0 Å². The molecule has 0 radical (unpaired) electrons. The zero-order valence-corrected chi connectivity index (χ0v) is 16.3. The van der Waals surface area contributed by atoms with E-state index >= 15 is 0 Å². The number of para-hydroxylation sites is 1. The van der Waals surface area contributed by atoms with Crippen LogP contribution in [-0.4, -0.2) is 29.4 Å². The van der Waals surface area contributed by atoms with Crippen molar-refractivity contribution in [1.29, 1.82) is 0 Å². The van der Waals surface area contributed by atoms with Gasteiger partial charge in [0.1, 0.15) is 23.2 Å². The lowest BCUT2D eigenvalue weighted by Crippen LogP contribution is -2.38. The van der Waals surface area contributed by atoms with Crippen molar-refractivity contribution < 1.29 is 14.3 Å². The van der Waals surface area contributed by atoms with Gasteiger partial charge < -0.3 is 27.3 Å². The average molecular weight is 399 g/mol. The van der Waals surface area contributed by atoms with E-state index in [1.54, 1.807) is 36.4 Å². The van der Waals surface area contributed by atoms with E-state index in [1.165, 1.54) is 0 Å². The number of ether oxygens (including phenoxy) is 1. The van der Waals surface area contributed by atoms with E-state index in [1.807, 2.05) is 13.8 Å². The maximum atomic E-state index is 12.1. The second-order valence-corrected chi connectivity index (χ2v) is 6.55. The fourth-order valence-corrected chi connectivity index (χ4v) is 2.14. The van der Waals surface area contributed by atoms with Gasteiger partial charge in [0.05, 0.1) is 0 Å². The molecule has 1 atom stereocenters. The zero-order valence-electron chi connectivity index (χ0n) is 16.3. The standard InChI is InChI=1S/C19H25N7O3/c1-11(2)17(21)19(28)29-14-6-4-3-5-12(14)25-26-13-7-8-15(24-18(13)22)23-16(27)9-10-20/h3-8,11,17H,9-10,20-21H2,1-2H3,(H3,22,23,24,27)/b26-25+. The number of nitrogens with two attached hydrogens (primary N) is 3. The number of esters is 1. The Morgan fingerprint density at radius 1 is 1.14 bits per heavy atom. The molecule has 0 aliphatic carbocycles. The van der Waals surface area contributed by atoms with Gasteiger partial charge in [-0.25, -0.2) is 9.78 Å². The van der Waals surface area contributed by atoms with Gasteiger partial charge in [0.15, 0.2) is 11.6 Å². The first kappa shape index (κ1) is 21.9. The SMILES string of the molecule is CC(C)C(N)C(=O)Oc1ccccc1/N=N/c1ccc(NC(=O)CCN)nc1N. The van der Waals surface area contributed by atoms with Crippen LogP contribution in [0.15, 0.2) is 46.6 Å². The number of hydrogen-bond acceptors (Lipinski definition) is 9. The number of anilines is 2. The molecule has 0 aliphatic heterocycles. The lowest BCUT2D eigenvalue weighted by atomic mass is 10.1. The largest absolute Gasteiger partial charge is 0.423 e. The van der Waals surface area contributed by atoms with Gasteiger partial charge in [-0.2, -0.15) is 0 Å². The van der Waals surface area contributed by atoms with Crippen molar-refractivity contribution in [1.82, 2.24) is 4.98 Å². The van der Waals surface area contributed by atoms with Crippen molar-refractivity contribution >= 4 is 34.9 Å². The van der Waals surface area contributed by atoms with Gasteiger partial charge >= 0.3 is 5.97 Å². The zero-order chi connectivity index (χ0) is 21.4. The first-order chi connectivity index (χ1) is 13.8. The van der Waals surface area contributed by atoms with E-state index in [4.69, 9.17) is 21.9 Å². The Hall–Kier alpha value is -3.37. The summed E-state index contributed by atoms with van der Waals surface area (Å²) in [4.78, 5) is 27.8. The summed E-state index contributed by atoms with van der Waals surface area (Å²) in [5, 5.41) is 10.7. The Morgan fingerprint density at radius 2 is 1.83 bits per heavy atom. The van der Waals surface area contributed by atoms with Crippen molar-refractivity contribution in [3.05, 3.63) is 36.4 Å². The maximum absolute atomic E-state index is 12.1. The summed E-state index contributed by atoms with van der Waals surface area (Å²) >= 11 is 0. The quantitative estimate of drug-likeness (QED) is 0.299. The summed E-state index contributed by atoms with van der Waals surface area (Å²) in [5.41, 5.74) is 17.7. The number of aromatic nitrogens is 1. The Kier molecular flexibility index (Phi) is 7.75. The van der Waals surface area contributed by atoms with E-state index < -0.39 is 12.0 Å². The molecular formula is C19H25N7O3. The number of carbonyl (C=O) groups excluding carboxylic acids is 2. The molecule has 1 heterocycles. The number of rotatable bonds is 8. The molecule has 0 saturated heterocycles.